The standard InChI is InChI=1S/C13H19NO3/c1-3-9(2)13(16)17-11-5-7-14-6-4-10(8-15)12(11)14/h3-4,11-12,15H,5-8H2,1-2H3/b9-3-. The van der Waals surface area contributed by atoms with Crippen LogP contribution in [0.2, 0.25) is 0 Å². The lowest BCUT2D eigenvalue weighted by Crippen LogP contribution is -2.35. The third-order valence-electron chi connectivity index (χ3n) is 3.61. The average molecular weight is 237 g/mol. The largest absolute Gasteiger partial charge is 0.457 e. The zero-order chi connectivity index (χ0) is 12.4. The van der Waals surface area contributed by atoms with Crippen molar-refractivity contribution in [2.75, 3.05) is 19.7 Å². The third-order valence-corrected chi connectivity index (χ3v) is 3.61. The predicted octanol–water partition coefficient (Wildman–Crippen LogP) is 0.871. The highest BCUT2D eigenvalue weighted by molar-refractivity contribution is 5.87. The molecule has 2 atom stereocenters. The second kappa shape index (κ2) is 5.02. The molecule has 0 aliphatic carbocycles. The second-order valence-corrected chi connectivity index (χ2v) is 4.58. The summed E-state index contributed by atoms with van der Waals surface area (Å²) >= 11 is 0. The van der Waals surface area contributed by atoms with E-state index in [1.165, 1.54) is 0 Å². The van der Waals surface area contributed by atoms with Crippen molar-refractivity contribution in [3.05, 3.63) is 23.3 Å². The number of allylic oxidation sites excluding steroid dienone is 1. The van der Waals surface area contributed by atoms with Gasteiger partial charge in [-0.2, -0.15) is 0 Å². The lowest BCUT2D eigenvalue weighted by atomic mass is 10.1. The van der Waals surface area contributed by atoms with Crippen LogP contribution in [0.25, 0.3) is 0 Å². The Hall–Kier alpha value is -1.13. The van der Waals surface area contributed by atoms with E-state index in [1.807, 2.05) is 13.0 Å². The summed E-state index contributed by atoms with van der Waals surface area (Å²) in [5.74, 6) is -0.247. The van der Waals surface area contributed by atoms with E-state index < -0.39 is 0 Å². The van der Waals surface area contributed by atoms with E-state index in [0.29, 0.717) is 5.57 Å². The maximum Gasteiger partial charge on any atom is 0.333 e. The van der Waals surface area contributed by atoms with Crippen molar-refractivity contribution in [1.82, 2.24) is 4.90 Å². The van der Waals surface area contributed by atoms with E-state index in [0.717, 1.165) is 25.1 Å². The third kappa shape index (κ3) is 2.28. The van der Waals surface area contributed by atoms with Crippen LogP contribution >= 0.6 is 0 Å². The van der Waals surface area contributed by atoms with Crippen LogP contribution in [0.3, 0.4) is 0 Å². The van der Waals surface area contributed by atoms with Crippen molar-refractivity contribution < 1.29 is 14.6 Å². The highest BCUT2D eigenvalue weighted by atomic mass is 16.5. The Bertz CT molecular complexity index is 373. The van der Waals surface area contributed by atoms with Gasteiger partial charge in [0.15, 0.2) is 0 Å². The fraction of sp³-hybridized carbons (Fsp3) is 0.615. The van der Waals surface area contributed by atoms with Crippen LogP contribution in [0.1, 0.15) is 20.3 Å². The van der Waals surface area contributed by atoms with Gasteiger partial charge >= 0.3 is 5.97 Å². The molecule has 0 amide bonds. The molecule has 2 aliphatic rings. The summed E-state index contributed by atoms with van der Waals surface area (Å²) in [6.07, 6.45) is 4.53. The summed E-state index contributed by atoms with van der Waals surface area (Å²) in [7, 11) is 0. The summed E-state index contributed by atoms with van der Waals surface area (Å²) in [4.78, 5) is 14.0. The lowest BCUT2D eigenvalue weighted by Gasteiger charge is -2.23. The predicted molar refractivity (Wildman–Crippen MR) is 64.5 cm³/mol. The van der Waals surface area contributed by atoms with Gasteiger partial charge < -0.3 is 9.84 Å². The first-order chi connectivity index (χ1) is 8.17. The van der Waals surface area contributed by atoms with Gasteiger partial charge in [-0.25, -0.2) is 4.79 Å². The first-order valence-electron chi connectivity index (χ1n) is 6.05. The number of hydrogen-bond acceptors (Lipinski definition) is 4. The van der Waals surface area contributed by atoms with Crippen molar-refractivity contribution in [3.63, 3.8) is 0 Å². The molecule has 4 nitrogen and oxygen atoms in total. The van der Waals surface area contributed by atoms with E-state index in [1.54, 1.807) is 13.0 Å². The van der Waals surface area contributed by atoms with Gasteiger partial charge in [-0.1, -0.05) is 12.2 Å². The Balaban J connectivity index is 2.03. The van der Waals surface area contributed by atoms with Gasteiger partial charge in [0.25, 0.3) is 0 Å². The number of fused-ring (bicyclic) bond motifs is 1. The maximum absolute atomic E-state index is 11.7. The van der Waals surface area contributed by atoms with Crippen molar-refractivity contribution in [3.8, 4) is 0 Å². The average Bonchev–Trinajstić information content (AvgIpc) is 2.90. The molecule has 1 saturated heterocycles. The molecule has 0 aromatic rings. The van der Waals surface area contributed by atoms with Gasteiger partial charge in [0.1, 0.15) is 6.10 Å². The molecule has 0 bridgehead atoms. The molecular formula is C13H19NO3. The number of aliphatic hydroxyl groups excluding tert-OH is 1. The van der Waals surface area contributed by atoms with Crippen LogP contribution in [0.5, 0.6) is 0 Å². The lowest BCUT2D eigenvalue weighted by molar-refractivity contribution is -0.144. The van der Waals surface area contributed by atoms with Crippen LogP contribution in [0, 0.1) is 0 Å². The molecule has 2 aliphatic heterocycles. The Morgan fingerprint density at radius 2 is 2.47 bits per heavy atom. The minimum Gasteiger partial charge on any atom is -0.457 e. The molecule has 2 unspecified atom stereocenters. The molecule has 4 heteroatoms. The van der Waals surface area contributed by atoms with Crippen molar-refractivity contribution in [2.45, 2.75) is 32.4 Å². The van der Waals surface area contributed by atoms with E-state index in [4.69, 9.17) is 4.74 Å². The molecule has 2 heterocycles. The Morgan fingerprint density at radius 3 is 3.12 bits per heavy atom. The van der Waals surface area contributed by atoms with Gasteiger partial charge in [0, 0.05) is 18.7 Å². The van der Waals surface area contributed by atoms with E-state index in [-0.39, 0.29) is 24.7 Å². The quantitative estimate of drug-likeness (QED) is 0.449. The van der Waals surface area contributed by atoms with Crippen LogP contribution in [0.4, 0.5) is 0 Å². The Morgan fingerprint density at radius 1 is 1.71 bits per heavy atom. The van der Waals surface area contributed by atoms with E-state index in [9.17, 15) is 9.90 Å². The molecule has 0 aromatic carbocycles. The van der Waals surface area contributed by atoms with Crippen molar-refractivity contribution in [2.24, 2.45) is 0 Å². The van der Waals surface area contributed by atoms with Crippen LogP contribution in [0.15, 0.2) is 23.3 Å². The number of carbonyl (C=O) groups is 1. The summed E-state index contributed by atoms with van der Waals surface area (Å²) in [5, 5.41) is 9.27. The monoisotopic (exact) mass is 237 g/mol. The Kier molecular flexibility index (Phi) is 3.64. The molecule has 2 rings (SSSR count). The van der Waals surface area contributed by atoms with E-state index in [2.05, 4.69) is 4.90 Å². The minimum atomic E-state index is -0.247. The summed E-state index contributed by atoms with van der Waals surface area (Å²) < 4.78 is 5.51. The summed E-state index contributed by atoms with van der Waals surface area (Å²) in [6.45, 7) is 5.42. The first-order valence-corrected chi connectivity index (χ1v) is 6.05. The molecule has 94 valence electrons. The number of hydrogen-bond donors (Lipinski definition) is 1. The molecular weight excluding hydrogens is 218 g/mol. The number of ether oxygens (including phenoxy) is 1. The summed E-state index contributed by atoms with van der Waals surface area (Å²) in [6, 6.07) is 0.0913. The zero-order valence-electron chi connectivity index (χ0n) is 10.3. The number of nitrogens with zero attached hydrogens (tertiary/aromatic N) is 1. The van der Waals surface area contributed by atoms with Gasteiger partial charge in [-0.15, -0.1) is 0 Å². The number of rotatable bonds is 3. The molecule has 0 saturated carbocycles. The fourth-order valence-corrected chi connectivity index (χ4v) is 2.49. The number of aliphatic hydroxyl groups is 1. The van der Waals surface area contributed by atoms with Crippen LogP contribution in [-0.2, 0) is 9.53 Å². The van der Waals surface area contributed by atoms with Gasteiger partial charge in [-0.05, 0) is 25.8 Å². The molecule has 1 N–H and O–H groups in total. The molecule has 0 aromatic heterocycles. The smallest absolute Gasteiger partial charge is 0.333 e. The van der Waals surface area contributed by atoms with Crippen molar-refractivity contribution >= 4 is 5.97 Å². The van der Waals surface area contributed by atoms with Crippen molar-refractivity contribution in [1.29, 1.82) is 0 Å². The molecule has 1 fully saturated rings. The number of carbonyl (C=O) groups excluding carboxylic acids is 1. The first kappa shape index (κ1) is 12.3. The number of esters is 1. The highest BCUT2D eigenvalue weighted by Crippen LogP contribution is 2.31. The molecule has 0 spiro atoms. The maximum atomic E-state index is 11.7. The molecule has 0 radical (unpaired) electrons. The fourth-order valence-electron chi connectivity index (χ4n) is 2.49. The topological polar surface area (TPSA) is 49.8 Å². The van der Waals surface area contributed by atoms with E-state index >= 15 is 0 Å². The zero-order valence-corrected chi connectivity index (χ0v) is 10.3. The highest BCUT2D eigenvalue weighted by Gasteiger charge is 2.41. The summed E-state index contributed by atoms with van der Waals surface area (Å²) in [5.41, 5.74) is 1.62. The molecule has 17 heavy (non-hydrogen) atoms. The minimum absolute atomic E-state index is 0.0534. The van der Waals surface area contributed by atoms with Gasteiger partial charge in [0.05, 0.1) is 12.6 Å². The van der Waals surface area contributed by atoms with Gasteiger partial charge in [0.2, 0.25) is 0 Å². The van der Waals surface area contributed by atoms with Gasteiger partial charge in [-0.3, -0.25) is 4.90 Å². The Labute approximate surface area is 102 Å². The second-order valence-electron chi connectivity index (χ2n) is 4.58. The normalized spacial score (nSPS) is 29.1. The SMILES string of the molecule is C/C=C(/C)C(=O)OC1CCN2CC=C(CO)C12. The van der Waals surface area contributed by atoms with Crippen LogP contribution < -0.4 is 0 Å². The van der Waals surface area contributed by atoms with Crippen LogP contribution in [-0.4, -0.2) is 47.8 Å².